The number of nitrogens with one attached hydrogen (secondary N) is 2. The molecule has 1 unspecified atom stereocenters. The van der Waals surface area contributed by atoms with Crippen molar-refractivity contribution in [1.29, 1.82) is 0 Å². The Labute approximate surface area is 210 Å². The molecule has 2 N–H and O–H groups in total. The fraction of sp³-hybridized carbons (Fsp3) is 0.385. The molecule has 2 heterocycles. The molecule has 1 atom stereocenters. The second kappa shape index (κ2) is 11.6. The number of aromatic nitrogens is 4. The largest absolute Gasteiger partial charge is 0.492 e. The van der Waals surface area contributed by atoms with E-state index in [1.54, 1.807) is 4.68 Å². The van der Waals surface area contributed by atoms with Crippen LogP contribution in [0.2, 0.25) is 0 Å². The average molecular weight is 493 g/mol. The van der Waals surface area contributed by atoms with Crippen molar-refractivity contribution in [3.63, 3.8) is 0 Å². The molecule has 36 heavy (non-hydrogen) atoms. The lowest BCUT2D eigenvalue weighted by Crippen LogP contribution is -2.31. The first kappa shape index (κ1) is 25.0. The van der Waals surface area contributed by atoms with E-state index in [1.807, 2.05) is 63.2 Å². The van der Waals surface area contributed by atoms with Crippen LogP contribution in [-0.2, 0) is 4.79 Å². The summed E-state index contributed by atoms with van der Waals surface area (Å²) in [5.74, 6) is 2.03. The second-order valence-electron chi connectivity index (χ2n) is 8.24. The number of ether oxygens (including phenoxy) is 3. The van der Waals surface area contributed by atoms with Crippen LogP contribution in [0.5, 0.6) is 17.2 Å². The van der Waals surface area contributed by atoms with Gasteiger partial charge in [-0.1, -0.05) is 36.6 Å². The van der Waals surface area contributed by atoms with Gasteiger partial charge in [0.25, 0.3) is 5.91 Å². The molecule has 0 radical (unpaired) electrons. The van der Waals surface area contributed by atoms with Gasteiger partial charge in [-0.05, 0) is 67.4 Å². The van der Waals surface area contributed by atoms with Crippen molar-refractivity contribution >= 4 is 17.5 Å². The van der Waals surface area contributed by atoms with Gasteiger partial charge >= 0.3 is 0 Å². The summed E-state index contributed by atoms with van der Waals surface area (Å²) in [4.78, 5) is 13.7. The smallest absolute Gasteiger partial charge is 0.255 e. The van der Waals surface area contributed by atoms with Gasteiger partial charge in [-0.3, -0.25) is 4.79 Å². The zero-order valence-corrected chi connectivity index (χ0v) is 21.1. The van der Waals surface area contributed by atoms with Crippen molar-refractivity contribution in [1.82, 2.24) is 20.2 Å². The molecule has 0 saturated heterocycles. The molecule has 3 aromatic rings. The first-order chi connectivity index (χ1) is 17.6. The molecular weight excluding hydrogens is 460 g/mol. The predicted octanol–water partition coefficient (Wildman–Crippen LogP) is 4.58. The normalized spacial score (nSPS) is 14.6. The first-order valence-corrected chi connectivity index (χ1v) is 12.3. The Morgan fingerprint density at radius 1 is 1.03 bits per heavy atom. The van der Waals surface area contributed by atoms with E-state index < -0.39 is 6.04 Å². The summed E-state index contributed by atoms with van der Waals surface area (Å²) < 4.78 is 19.1. The van der Waals surface area contributed by atoms with Crippen LogP contribution in [0.3, 0.4) is 0 Å². The van der Waals surface area contributed by atoms with Gasteiger partial charge in [0.1, 0.15) is 11.8 Å². The molecule has 2 aromatic carbocycles. The third kappa shape index (κ3) is 5.27. The monoisotopic (exact) mass is 492 g/mol. The fourth-order valence-electron chi connectivity index (χ4n) is 4.06. The minimum absolute atomic E-state index is 0.292. The Bertz CT molecular complexity index is 1240. The number of anilines is 2. The maximum absolute atomic E-state index is 13.7. The summed E-state index contributed by atoms with van der Waals surface area (Å²) in [6.07, 6.45) is 1.99. The fourth-order valence-corrected chi connectivity index (χ4v) is 4.06. The highest BCUT2D eigenvalue weighted by molar-refractivity contribution is 6.06. The number of allylic oxidation sites excluding steroid dienone is 1. The number of carbonyl (C=O) groups excluding carboxylic acids is 1. The van der Waals surface area contributed by atoms with Crippen molar-refractivity contribution in [3.8, 4) is 17.2 Å². The summed E-state index contributed by atoms with van der Waals surface area (Å²) in [5.41, 5.74) is 2.50. The van der Waals surface area contributed by atoms with E-state index in [1.165, 1.54) is 0 Å². The van der Waals surface area contributed by atoms with Crippen molar-refractivity contribution in [2.24, 2.45) is 0 Å². The third-order valence-electron chi connectivity index (χ3n) is 5.73. The number of fused-ring (bicyclic) bond motifs is 1. The maximum Gasteiger partial charge on any atom is 0.255 e. The van der Waals surface area contributed by atoms with Gasteiger partial charge in [-0.15, -0.1) is 0 Å². The summed E-state index contributed by atoms with van der Waals surface area (Å²) >= 11 is 0. The molecule has 0 saturated carbocycles. The number of rotatable bonds is 11. The van der Waals surface area contributed by atoms with Crippen LogP contribution in [0.25, 0.3) is 0 Å². The summed E-state index contributed by atoms with van der Waals surface area (Å²) in [5, 5.41) is 18.2. The summed E-state index contributed by atoms with van der Waals surface area (Å²) in [7, 11) is 0. The van der Waals surface area contributed by atoms with Crippen LogP contribution in [-0.4, -0.2) is 45.9 Å². The lowest BCUT2D eigenvalue weighted by molar-refractivity contribution is -0.113. The van der Waals surface area contributed by atoms with Crippen molar-refractivity contribution in [2.45, 2.75) is 46.6 Å². The lowest BCUT2D eigenvalue weighted by atomic mass is 9.94. The number of carbonyl (C=O) groups is 1. The average Bonchev–Trinajstić information content (AvgIpc) is 3.33. The summed E-state index contributed by atoms with van der Waals surface area (Å²) in [6.45, 7) is 9.34. The molecule has 4 rings (SSSR count). The van der Waals surface area contributed by atoms with Gasteiger partial charge in [0.2, 0.25) is 5.95 Å². The minimum atomic E-state index is -0.584. The highest BCUT2D eigenvalue weighted by Crippen LogP contribution is 2.39. The molecule has 10 nitrogen and oxygen atoms in total. The third-order valence-corrected chi connectivity index (χ3v) is 5.73. The van der Waals surface area contributed by atoms with E-state index in [4.69, 9.17) is 14.2 Å². The Balaban J connectivity index is 1.72. The molecule has 1 aromatic heterocycles. The molecule has 1 aliphatic rings. The van der Waals surface area contributed by atoms with Crippen molar-refractivity contribution < 1.29 is 19.0 Å². The van der Waals surface area contributed by atoms with E-state index in [-0.39, 0.29) is 5.91 Å². The van der Waals surface area contributed by atoms with Crippen molar-refractivity contribution in [2.75, 3.05) is 30.5 Å². The molecule has 0 bridgehead atoms. The van der Waals surface area contributed by atoms with Crippen LogP contribution in [0.4, 0.5) is 11.6 Å². The zero-order valence-electron chi connectivity index (χ0n) is 21.1. The standard InChI is InChI=1S/C26H32N6O4/c1-5-8-15-36-21-14-13-18(16-22(21)35-7-3)24-23(17(4)27-26-29-30-31-32(24)26)25(33)28-19-11-9-10-12-20(19)34-6-2/h9-14,16,24H,5-8,15H2,1-4H3,(H,28,33)(H,27,29,31). The minimum Gasteiger partial charge on any atom is -0.492 e. The highest BCUT2D eigenvalue weighted by atomic mass is 16.5. The number of amides is 1. The van der Waals surface area contributed by atoms with Crippen LogP contribution < -0.4 is 24.8 Å². The quantitative estimate of drug-likeness (QED) is 0.374. The second-order valence-corrected chi connectivity index (χ2v) is 8.24. The molecule has 1 amide bonds. The molecular formula is C26H32N6O4. The number of hydrogen-bond acceptors (Lipinski definition) is 8. The van der Waals surface area contributed by atoms with E-state index in [0.717, 1.165) is 18.4 Å². The van der Waals surface area contributed by atoms with E-state index in [2.05, 4.69) is 33.1 Å². The van der Waals surface area contributed by atoms with Crippen molar-refractivity contribution in [3.05, 3.63) is 59.3 Å². The van der Waals surface area contributed by atoms with Gasteiger partial charge in [0, 0.05) is 5.70 Å². The Hall–Kier alpha value is -4.08. The molecule has 0 fully saturated rings. The molecule has 190 valence electrons. The predicted molar refractivity (Wildman–Crippen MR) is 137 cm³/mol. The first-order valence-electron chi connectivity index (χ1n) is 12.3. The van der Waals surface area contributed by atoms with Gasteiger partial charge in [0.05, 0.1) is 31.1 Å². The van der Waals surface area contributed by atoms with E-state index in [9.17, 15) is 4.79 Å². The number of hydrogen-bond donors (Lipinski definition) is 2. The van der Waals surface area contributed by atoms with Gasteiger partial charge in [-0.25, -0.2) is 0 Å². The number of para-hydroxylation sites is 2. The van der Waals surface area contributed by atoms with E-state index >= 15 is 0 Å². The SMILES string of the molecule is CCCCOc1ccc(C2C(C(=O)Nc3ccccc3OCC)=C(C)Nc3nnnn32)cc1OCC. The number of benzene rings is 2. The summed E-state index contributed by atoms with van der Waals surface area (Å²) in [6, 6.07) is 12.4. The number of nitrogens with zero attached hydrogens (tertiary/aromatic N) is 4. The van der Waals surface area contributed by atoms with Gasteiger partial charge in [0.15, 0.2) is 11.5 Å². The Morgan fingerprint density at radius 3 is 2.58 bits per heavy atom. The molecule has 10 heteroatoms. The molecule has 0 aliphatic carbocycles. The Morgan fingerprint density at radius 2 is 1.81 bits per heavy atom. The highest BCUT2D eigenvalue weighted by Gasteiger charge is 2.35. The maximum atomic E-state index is 13.7. The Kier molecular flexibility index (Phi) is 8.04. The van der Waals surface area contributed by atoms with Crippen LogP contribution in [0.1, 0.15) is 52.1 Å². The number of unbranched alkanes of at least 4 members (excludes halogenated alkanes) is 1. The molecule has 0 spiro atoms. The van der Waals surface area contributed by atoms with Crippen LogP contribution >= 0.6 is 0 Å². The van der Waals surface area contributed by atoms with Crippen LogP contribution in [0, 0.1) is 0 Å². The lowest BCUT2D eigenvalue weighted by Gasteiger charge is -2.28. The zero-order chi connectivity index (χ0) is 25.5. The number of tetrazole rings is 1. The van der Waals surface area contributed by atoms with Gasteiger partial charge in [-0.2, -0.15) is 4.68 Å². The van der Waals surface area contributed by atoms with Crippen LogP contribution in [0.15, 0.2) is 53.7 Å². The van der Waals surface area contributed by atoms with E-state index in [0.29, 0.717) is 60.0 Å². The molecule has 1 aliphatic heterocycles. The topological polar surface area (TPSA) is 112 Å². The van der Waals surface area contributed by atoms with Gasteiger partial charge < -0.3 is 24.8 Å².